The third kappa shape index (κ3) is 7.04. The fourth-order valence-corrected chi connectivity index (χ4v) is 8.16. The second-order valence-corrected chi connectivity index (χ2v) is 15.1. The smallest absolute Gasteiger partial charge is 0.137 e. The number of rotatable bonds is 7. The fourth-order valence-electron chi connectivity index (χ4n) is 8.16. The predicted molar refractivity (Wildman–Crippen MR) is 229 cm³/mol. The molecule has 6 aromatic rings. The van der Waals surface area contributed by atoms with Crippen molar-refractivity contribution in [3.63, 3.8) is 0 Å². The topological polar surface area (TPSA) is 41.9 Å². The van der Waals surface area contributed by atoms with Crippen LogP contribution in [0.5, 0.6) is 0 Å². The van der Waals surface area contributed by atoms with Crippen LogP contribution in [0.15, 0.2) is 164 Å². The SMILES string of the molecule is CC1C=Cc2c(-c3cc(C4=CCN(C)C=C4)cc(-c4ccncc4)c3)ccc(C3=CC(C)C(c4nc(-c5ccccc5)cc(-c5ccccc5)n4)C=C3)c2C1. The van der Waals surface area contributed by atoms with Crippen molar-refractivity contribution in [3.8, 4) is 44.8 Å². The van der Waals surface area contributed by atoms with Gasteiger partial charge in [-0.2, -0.15) is 0 Å². The summed E-state index contributed by atoms with van der Waals surface area (Å²) in [5.41, 5.74) is 16.7. The molecule has 1 aliphatic heterocycles. The monoisotopic (exact) mass is 712 g/mol. The van der Waals surface area contributed by atoms with Gasteiger partial charge in [-0.1, -0.05) is 123 Å². The minimum absolute atomic E-state index is 0.0565. The molecule has 4 nitrogen and oxygen atoms in total. The van der Waals surface area contributed by atoms with Crippen LogP contribution in [0.2, 0.25) is 0 Å². The molecule has 0 saturated carbocycles. The van der Waals surface area contributed by atoms with Crippen LogP contribution in [0.1, 0.15) is 47.8 Å². The van der Waals surface area contributed by atoms with E-state index < -0.39 is 0 Å². The summed E-state index contributed by atoms with van der Waals surface area (Å²) in [5.74, 6) is 1.57. The summed E-state index contributed by atoms with van der Waals surface area (Å²) in [5, 5.41) is 0. The van der Waals surface area contributed by atoms with Crippen LogP contribution in [-0.2, 0) is 6.42 Å². The Morgan fingerprint density at radius 1 is 0.600 bits per heavy atom. The summed E-state index contributed by atoms with van der Waals surface area (Å²) < 4.78 is 0. The molecular formula is C51H44N4. The van der Waals surface area contributed by atoms with Gasteiger partial charge in [0.05, 0.1) is 11.4 Å². The molecule has 3 unspecified atom stereocenters. The van der Waals surface area contributed by atoms with Crippen molar-refractivity contribution < 1.29 is 0 Å². The van der Waals surface area contributed by atoms with Crippen LogP contribution in [0.25, 0.3) is 62.0 Å². The molecule has 3 aliphatic rings. The lowest BCUT2D eigenvalue weighted by Crippen LogP contribution is -2.15. The van der Waals surface area contributed by atoms with Gasteiger partial charge in [-0.3, -0.25) is 4.98 Å². The van der Waals surface area contributed by atoms with Gasteiger partial charge in [-0.25, -0.2) is 9.97 Å². The summed E-state index contributed by atoms with van der Waals surface area (Å²) in [7, 11) is 2.11. The number of fused-ring (bicyclic) bond motifs is 1. The highest BCUT2D eigenvalue weighted by atomic mass is 15.1. The largest absolute Gasteiger partial charge is 0.377 e. The first-order valence-electron chi connectivity index (χ1n) is 19.4. The van der Waals surface area contributed by atoms with E-state index in [9.17, 15) is 0 Å². The second kappa shape index (κ2) is 14.8. The lowest BCUT2D eigenvalue weighted by atomic mass is 9.78. The first-order valence-corrected chi connectivity index (χ1v) is 19.4. The fraction of sp³-hybridized carbons (Fsp3) is 0.157. The number of hydrogen-bond acceptors (Lipinski definition) is 4. The summed E-state index contributed by atoms with van der Waals surface area (Å²) in [6.45, 7) is 5.52. The average Bonchev–Trinajstić information content (AvgIpc) is 3.24. The van der Waals surface area contributed by atoms with Crippen molar-refractivity contribution in [1.29, 1.82) is 0 Å². The zero-order chi connectivity index (χ0) is 37.3. The summed E-state index contributed by atoms with van der Waals surface area (Å²) in [4.78, 5) is 16.9. The van der Waals surface area contributed by atoms with Gasteiger partial charge >= 0.3 is 0 Å². The lowest BCUT2D eigenvalue weighted by Gasteiger charge is -2.27. The highest BCUT2D eigenvalue weighted by molar-refractivity contribution is 5.89. The quantitative estimate of drug-likeness (QED) is 0.165. The maximum absolute atomic E-state index is 5.19. The van der Waals surface area contributed by atoms with Gasteiger partial charge in [0.25, 0.3) is 0 Å². The summed E-state index contributed by atoms with van der Waals surface area (Å²) in [6.07, 6.45) is 23.3. The number of pyridine rings is 1. The molecule has 55 heavy (non-hydrogen) atoms. The van der Waals surface area contributed by atoms with E-state index >= 15 is 0 Å². The molecular weight excluding hydrogens is 669 g/mol. The normalized spacial score (nSPS) is 18.8. The highest BCUT2D eigenvalue weighted by Crippen LogP contribution is 2.42. The van der Waals surface area contributed by atoms with E-state index in [0.717, 1.165) is 41.3 Å². The van der Waals surface area contributed by atoms with Crippen LogP contribution in [0, 0.1) is 11.8 Å². The Kier molecular flexibility index (Phi) is 9.25. The molecule has 0 amide bonds. The van der Waals surface area contributed by atoms with Crippen molar-refractivity contribution in [1.82, 2.24) is 19.9 Å². The van der Waals surface area contributed by atoms with Crippen LogP contribution in [-0.4, -0.2) is 33.4 Å². The number of allylic oxidation sites excluding steroid dienone is 7. The van der Waals surface area contributed by atoms with Gasteiger partial charge in [0.1, 0.15) is 5.82 Å². The minimum Gasteiger partial charge on any atom is -0.377 e. The number of likely N-dealkylation sites (N-methyl/N-ethyl adjacent to an activating group) is 1. The molecule has 3 atom stereocenters. The second-order valence-electron chi connectivity index (χ2n) is 15.1. The molecule has 2 aliphatic carbocycles. The van der Waals surface area contributed by atoms with Crippen LogP contribution >= 0.6 is 0 Å². The van der Waals surface area contributed by atoms with E-state index in [1.54, 1.807) is 0 Å². The third-order valence-corrected chi connectivity index (χ3v) is 11.2. The number of benzene rings is 4. The Hall–Kier alpha value is -6.39. The van der Waals surface area contributed by atoms with Crippen LogP contribution in [0.3, 0.4) is 0 Å². The molecule has 0 radical (unpaired) electrons. The maximum atomic E-state index is 5.19. The summed E-state index contributed by atoms with van der Waals surface area (Å²) >= 11 is 0. The zero-order valence-corrected chi connectivity index (χ0v) is 31.6. The molecule has 0 fully saturated rings. The van der Waals surface area contributed by atoms with E-state index in [-0.39, 0.29) is 11.8 Å². The molecule has 4 heteroatoms. The van der Waals surface area contributed by atoms with E-state index in [1.165, 1.54) is 55.7 Å². The van der Waals surface area contributed by atoms with Crippen LogP contribution < -0.4 is 0 Å². The number of nitrogens with zero attached hydrogens (tertiary/aromatic N) is 4. The average molecular weight is 713 g/mol. The molecule has 0 spiro atoms. The van der Waals surface area contributed by atoms with Gasteiger partial charge in [-0.05, 0) is 123 Å². The first-order chi connectivity index (χ1) is 27.0. The van der Waals surface area contributed by atoms with E-state index in [1.807, 2.05) is 24.5 Å². The van der Waals surface area contributed by atoms with Gasteiger partial charge in [0, 0.05) is 43.0 Å². The molecule has 4 aromatic carbocycles. The number of hydrogen-bond donors (Lipinski definition) is 0. The highest BCUT2D eigenvalue weighted by Gasteiger charge is 2.26. The van der Waals surface area contributed by atoms with Crippen molar-refractivity contribution in [3.05, 3.63) is 192 Å². The van der Waals surface area contributed by atoms with E-state index in [0.29, 0.717) is 5.92 Å². The molecule has 9 rings (SSSR count). The summed E-state index contributed by atoms with van der Waals surface area (Å²) in [6, 6.07) is 38.9. The molecule has 0 N–H and O–H groups in total. The van der Waals surface area contributed by atoms with Crippen molar-refractivity contribution >= 4 is 17.2 Å². The van der Waals surface area contributed by atoms with Crippen molar-refractivity contribution in [2.75, 3.05) is 13.6 Å². The molecule has 0 saturated heterocycles. The predicted octanol–water partition coefficient (Wildman–Crippen LogP) is 12.0. The van der Waals surface area contributed by atoms with E-state index in [2.05, 4.69) is 177 Å². The third-order valence-electron chi connectivity index (χ3n) is 11.2. The maximum Gasteiger partial charge on any atom is 0.137 e. The standard InChI is InChI=1S/C51H44N4/c1-34-14-16-47-46(43-31-41(36-20-24-52-25-21-36)30-42(32-43)37-22-26-55(3)27-23-37)19-18-45(48(47)28-34)40-15-17-44(35(2)29-40)51-53-49(38-10-6-4-7-11-38)33-50(54-51)39-12-8-5-9-13-39/h4-26,29-35,44H,27-28H2,1-3H3. The van der Waals surface area contributed by atoms with Gasteiger partial charge in [0.2, 0.25) is 0 Å². The molecule has 0 bridgehead atoms. The molecule has 3 heterocycles. The Bertz CT molecular complexity index is 2470. The Labute approximate surface area is 324 Å². The zero-order valence-electron chi connectivity index (χ0n) is 31.6. The Morgan fingerprint density at radius 2 is 1.27 bits per heavy atom. The first kappa shape index (κ1) is 34.4. The van der Waals surface area contributed by atoms with Gasteiger partial charge in [-0.15, -0.1) is 0 Å². The van der Waals surface area contributed by atoms with Crippen LogP contribution in [0.4, 0.5) is 0 Å². The molecule has 268 valence electrons. The van der Waals surface area contributed by atoms with Gasteiger partial charge < -0.3 is 4.90 Å². The number of aromatic nitrogens is 3. The van der Waals surface area contributed by atoms with Crippen molar-refractivity contribution in [2.24, 2.45) is 11.8 Å². The minimum atomic E-state index is 0.0565. The Morgan fingerprint density at radius 3 is 1.95 bits per heavy atom. The van der Waals surface area contributed by atoms with Crippen molar-refractivity contribution in [2.45, 2.75) is 26.2 Å². The Balaban J connectivity index is 1.10. The lowest BCUT2D eigenvalue weighted by molar-refractivity contribution is 0.506. The molecule has 2 aromatic heterocycles. The van der Waals surface area contributed by atoms with E-state index in [4.69, 9.17) is 9.97 Å². The van der Waals surface area contributed by atoms with Gasteiger partial charge in [0.15, 0.2) is 0 Å².